The molecule has 5 heteroatoms. The SMILES string of the molecule is C=C(C)CN1C(=O)CSC1c1nccn1C. The number of thioether (sulfide) groups is 1. The van der Waals surface area contributed by atoms with E-state index in [1.807, 2.05) is 29.6 Å². The second kappa shape index (κ2) is 4.33. The van der Waals surface area contributed by atoms with Crippen molar-refractivity contribution in [1.29, 1.82) is 0 Å². The molecule has 0 radical (unpaired) electrons. The Kier molecular flexibility index (Phi) is 3.05. The summed E-state index contributed by atoms with van der Waals surface area (Å²) in [5.41, 5.74) is 0.995. The van der Waals surface area contributed by atoms with Gasteiger partial charge in [-0.05, 0) is 6.92 Å². The first kappa shape index (κ1) is 11.3. The van der Waals surface area contributed by atoms with E-state index in [0.29, 0.717) is 12.3 Å². The smallest absolute Gasteiger partial charge is 0.234 e. The minimum atomic E-state index is 0.0317. The zero-order valence-corrected chi connectivity index (χ0v) is 10.3. The lowest BCUT2D eigenvalue weighted by Crippen LogP contribution is -2.30. The van der Waals surface area contributed by atoms with E-state index in [2.05, 4.69) is 11.6 Å². The lowest BCUT2D eigenvalue weighted by atomic mass is 10.3. The van der Waals surface area contributed by atoms with Crippen LogP contribution in [0.1, 0.15) is 18.1 Å². The van der Waals surface area contributed by atoms with Gasteiger partial charge >= 0.3 is 0 Å². The van der Waals surface area contributed by atoms with Crippen molar-refractivity contribution < 1.29 is 4.79 Å². The van der Waals surface area contributed by atoms with E-state index >= 15 is 0 Å². The lowest BCUT2D eigenvalue weighted by Gasteiger charge is -2.23. The van der Waals surface area contributed by atoms with Crippen LogP contribution < -0.4 is 0 Å². The highest BCUT2D eigenvalue weighted by molar-refractivity contribution is 8.00. The van der Waals surface area contributed by atoms with Gasteiger partial charge in [-0.1, -0.05) is 12.2 Å². The molecule has 0 N–H and O–H groups in total. The summed E-state index contributed by atoms with van der Waals surface area (Å²) in [5, 5.41) is 0.0317. The molecule has 1 aliphatic heterocycles. The van der Waals surface area contributed by atoms with Gasteiger partial charge in [0, 0.05) is 26.0 Å². The number of hydrogen-bond donors (Lipinski definition) is 0. The average molecular weight is 237 g/mol. The van der Waals surface area contributed by atoms with Crippen LogP contribution in [-0.2, 0) is 11.8 Å². The topological polar surface area (TPSA) is 38.1 Å². The molecule has 2 rings (SSSR count). The minimum absolute atomic E-state index is 0.0317. The summed E-state index contributed by atoms with van der Waals surface area (Å²) in [6.07, 6.45) is 3.66. The maximum absolute atomic E-state index is 11.8. The molecule has 1 aromatic rings. The number of aryl methyl sites for hydroxylation is 1. The molecule has 86 valence electrons. The van der Waals surface area contributed by atoms with Crippen LogP contribution in [0.4, 0.5) is 0 Å². The summed E-state index contributed by atoms with van der Waals surface area (Å²) >= 11 is 1.62. The van der Waals surface area contributed by atoms with Crippen LogP contribution in [0.15, 0.2) is 24.5 Å². The normalized spacial score (nSPS) is 20.5. The fourth-order valence-electron chi connectivity index (χ4n) is 1.74. The Morgan fingerprint density at radius 3 is 3.06 bits per heavy atom. The van der Waals surface area contributed by atoms with Crippen molar-refractivity contribution >= 4 is 17.7 Å². The van der Waals surface area contributed by atoms with E-state index in [0.717, 1.165) is 11.4 Å². The second-order valence-electron chi connectivity index (χ2n) is 4.04. The fourth-order valence-corrected chi connectivity index (χ4v) is 2.96. The number of aromatic nitrogens is 2. The van der Waals surface area contributed by atoms with Crippen LogP contribution in [0.3, 0.4) is 0 Å². The van der Waals surface area contributed by atoms with Gasteiger partial charge in [0.25, 0.3) is 0 Å². The Morgan fingerprint density at radius 2 is 2.50 bits per heavy atom. The molecule has 1 amide bonds. The van der Waals surface area contributed by atoms with Gasteiger partial charge in [0.1, 0.15) is 11.2 Å². The Hall–Kier alpha value is -1.23. The van der Waals surface area contributed by atoms with Crippen molar-refractivity contribution in [3.63, 3.8) is 0 Å². The number of rotatable bonds is 3. The number of imidazole rings is 1. The summed E-state index contributed by atoms with van der Waals surface area (Å²) < 4.78 is 1.96. The fraction of sp³-hybridized carbons (Fsp3) is 0.455. The average Bonchev–Trinajstić information content (AvgIpc) is 2.75. The van der Waals surface area contributed by atoms with Gasteiger partial charge in [0.2, 0.25) is 5.91 Å². The summed E-state index contributed by atoms with van der Waals surface area (Å²) in [6, 6.07) is 0. The summed E-state index contributed by atoms with van der Waals surface area (Å²) in [4.78, 5) is 17.9. The number of amides is 1. The van der Waals surface area contributed by atoms with Gasteiger partial charge in [0.15, 0.2) is 0 Å². The Bertz CT molecular complexity index is 427. The van der Waals surface area contributed by atoms with E-state index in [4.69, 9.17) is 0 Å². The number of carbonyl (C=O) groups excluding carboxylic acids is 1. The van der Waals surface area contributed by atoms with Crippen molar-refractivity contribution in [2.75, 3.05) is 12.3 Å². The van der Waals surface area contributed by atoms with Crippen molar-refractivity contribution in [3.05, 3.63) is 30.4 Å². The van der Waals surface area contributed by atoms with Crippen LogP contribution >= 0.6 is 11.8 Å². The van der Waals surface area contributed by atoms with Gasteiger partial charge in [-0.15, -0.1) is 11.8 Å². The number of carbonyl (C=O) groups is 1. The highest BCUT2D eigenvalue weighted by atomic mass is 32.2. The van der Waals surface area contributed by atoms with Gasteiger partial charge < -0.3 is 9.47 Å². The largest absolute Gasteiger partial charge is 0.336 e. The third-order valence-corrected chi connectivity index (χ3v) is 3.68. The zero-order chi connectivity index (χ0) is 11.7. The van der Waals surface area contributed by atoms with Gasteiger partial charge in [0.05, 0.1) is 5.75 Å². The maximum Gasteiger partial charge on any atom is 0.234 e. The molecule has 1 aromatic heterocycles. The molecule has 1 aliphatic rings. The molecule has 4 nitrogen and oxygen atoms in total. The number of nitrogens with zero attached hydrogens (tertiary/aromatic N) is 3. The van der Waals surface area contributed by atoms with Crippen LogP contribution in [0.25, 0.3) is 0 Å². The molecule has 16 heavy (non-hydrogen) atoms. The molecule has 0 aromatic carbocycles. The van der Waals surface area contributed by atoms with E-state index < -0.39 is 0 Å². The standard InChI is InChI=1S/C11H15N3OS/c1-8(2)6-14-9(15)7-16-11(14)10-12-4-5-13(10)3/h4-5,11H,1,6-7H2,2-3H3. The molecule has 0 saturated carbocycles. The molecule has 2 heterocycles. The summed E-state index contributed by atoms with van der Waals surface area (Å²) in [5.74, 6) is 1.63. The van der Waals surface area contributed by atoms with Crippen LogP contribution in [0.2, 0.25) is 0 Å². The molecule has 0 aliphatic carbocycles. The predicted molar refractivity (Wildman–Crippen MR) is 64.9 cm³/mol. The molecular formula is C11H15N3OS. The van der Waals surface area contributed by atoms with Gasteiger partial charge in [-0.3, -0.25) is 4.79 Å². The van der Waals surface area contributed by atoms with Crippen LogP contribution in [-0.4, -0.2) is 32.7 Å². The van der Waals surface area contributed by atoms with E-state index in [-0.39, 0.29) is 11.3 Å². The van der Waals surface area contributed by atoms with Crippen LogP contribution in [0, 0.1) is 0 Å². The maximum atomic E-state index is 11.8. The molecule has 0 spiro atoms. The Morgan fingerprint density at radius 1 is 1.75 bits per heavy atom. The quantitative estimate of drug-likeness (QED) is 0.749. The highest BCUT2D eigenvalue weighted by Crippen LogP contribution is 2.37. The molecule has 1 fully saturated rings. The predicted octanol–water partition coefficient (Wildman–Crippen LogP) is 1.57. The third kappa shape index (κ3) is 2.00. The Balaban J connectivity index is 2.24. The second-order valence-corrected chi connectivity index (χ2v) is 5.11. The monoisotopic (exact) mass is 237 g/mol. The molecule has 1 saturated heterocycles. The van der Waals surface area contributed by atoms with Gasteiger partial charge in [-0.2, -0.15) is 0 Å². The third-order valence-electron chi connectivity index (χ3n) is 2.49. The number of hydrogen-bond acceptors (Lipinski definition) is 3. The zero-order valence-electron chi connectivity index (χ0n) is 9.51. The first-order valence-corrected chi connectivity index (χ1v) is 6.17. The van der Waals surface area contributed by atoms with Crippen molar-refractivity contribution in [2.24, 2.45) is 7.05 Å². The van der Waals surface area contributed by atoms with E-state index in [9.17, 15) is 4.79 Å². The van der Waals surface area contributed by atoms with E-state index in [1.165, 1.54) is 0 Å². The van der Waals surface area contributed by atoms with Crippen LogP contribution in [0.5, 0.6) is 0 Å². The minimum Gasteiger partial charge on any atom is -0.336 e. The molecule has 1 atom stereocenters. The van der Waals surface area contributed by atoms with Crippen molar-refractivity contribution in [1.82, 2.24) is 14.5 Å². The lowest BCUT2D eigenvalue weighted by molar-refractivity contribution is -0.127. The van der Waals surface area contributed by atoms with E-state index in [1.54, 1.807) is 18.0 Å². The van der Waals surface area contributed by atoms with Crippen molar-refractivity contribution in [3.8, 4) is 0 Å². The highest BCUT2D eigenvalue weighted by Gasteiger charge is 2.34. The summed E-state index contributed by atoms with van der Waals surface area (Å²) in [7, 11) is 1.95. The molecular weight excluding hydrogens is 222 g/mol. The van der Waals surface area contributed by atoms with Gasteiger partial charge in [-0.25, -0.2) is 4.98 Å². The van der Waals surface area contributed by atoms with Crippen molar-refractivity contribution in [2.45, 2.75) is 12.3 Å². The first-order chi connectivity index (χ1) is 7.59. The molecule has 1 unspecified atom stereocenters. The Labute approximate surface area is 99.3 Å². The summed E-state index contributed by atoms with van der Waals surface area (Å²) in [6.45, 7) is 6.41. The first-order valence-electron chi connectivity index (χ1n) is 5.12. The molecule has 0 bridgehead atoms.